The van der Waals surface area contributed by atoms with Crippen LogP contribution in [-0.2, 0) is 0 Å². The molecule has 0 saturated carbocycles. The van der Waals surface area contributed by atoms with Crippen molar-refractivity contribution in [1.82, 2.24) is 29.5 Å². The van der Waals surface area contributed by atoms with Crippen molar-refractivity contribution in [3.05, 3.63) is 30.4 Å². The van der Waals surface area contributed by atoms with Crippen LogP contribution in [0.5, 0.6) is 0 Å². The van der Waals surface area contributed by atoms with Gasteiger partial charge in [-0.15, -0.1) is 5.10 Å². The molecule has 3 N–H and O–H groups in total. The summed E-state index contributed by atoms with van der Waals surface area (Å²) < 4.78 is 1.70. The first-order valence-corrected chi connectivity index (χ1v) is 8.48. The van der Waals surface area contributed by atoms with Gasteiger partial charge in [0.05, 0.1) is 11.3 Å². The maximum absolute atomic E-state index is 6.13. The van der Waals surface area contributed by atoms with Gasteiger partial charge in [0.15, 0.2) is 11.5 Å². The van der Waals surface area contributed by atoms with Gasteiger partial charge in [-0.3, -0.25) is 0 Å². The molecule has 3 aromatic rings. The third-order valence-electron chi connectivity index (χ3n) is 4.62. The van der Waals surface area contributed by atoms with Crippen molar-refractivity contribution in [2.24, 2.45) is 0 Å². The fourth-order valence-corrected chi connectivity index (χ4v) is 3.23. The molecule has 0 amide bonds. The van der Waals surface area contributed by atoms with Crippen LogP contribution in [-0.4, -0.2) is 55.6 Å². The van der Waals surface area contributed by atoms with Crippen molar-refractivity contribution in [2.75, 3.05) is 31.2 Å². The Morgan fingerprint density at radius 3 is 2.80 bits per heavy atom. The molecule has 8 heteroatoms. The zero-order valence-electron chi connectivity index (χ0n) is 14.5. The number of anilines is 2. The van der Waals surface area contributed by atoms with E-state index in [1.807, 2.05) is 19.2 Å². The van der Waals surface area contributed by atoms with Gasteiger partial charge in [-0.25, -0.2) is 19.5 Å². The highest BCUT2D eigenvalue weighted by Crippen LogP contribution is 2.29. The normalized spacial score (nSPS) is 16.4. The molecular weight excluding hydrogens is 316 g/mol. The first-order chi connectivity index (χ1) is 12.1. The van der Waals surface area contributed by atoms with E-state index in [1.54, 1.807) is 17.0 Å². The number of fused-ring (bicyclic) bond motifs is 1. The van der Waals surface area contributed by atoms with E-state index < -0.39 is 0 Å². The summed E-state index contributed by atoms with van der Waals surface area (Å²) >= 11 is 0. The van der Waals surface area contributed by atoms with Crippen LogP contribution in [0.3, 0.4) is 0 Å². The van der Waals surface area contributed by atoms with E-state index in [-0.39, 0.29) is 0 Å². The Bertz CT molecular complexity index is 895. The first-order valence-electron chi connectivity index (χ1n) is 8.48. The molecule has 0 unspecified atom stereocenters. The highest BCUT2D eigenvalue weighted by Gasteiger charge is 2.19. The molecule has 25 heavy (non-hydrogen) atoms. The number of rotatable bonds is 3. The van der Waals surface area contributed by atoms with Crippen molar-refractivity contribution in [1.29, 1.82) is 0 Å². The van der Waals surface area contributed by atoms with Crippen LogP contribution in [0.2, 0.25) is 0 Å². The average Bonchev–Trinajstić information content (AvgIpc) is 2.92. The number of hydrogen-bond donors (Lipinski definition) is 2. The van der Waals surface area contributed by atoms with Gasteiger partial charge < -0.3 is 16.0 Å². The molecule has 0 aliphatic carbocycles. The van der Waals surface area contributed by atoms with E-state index in [0.29, 0.717) is 17.5 Å². The number of likely N-dealkylation sites (tertiary alicyclic amines) is 1. The van der Waals surface area contributed by atoms with E-state index in [2.05, 4.69) is 37.3 Å². The van der Waals surface area contributed by atoms with Gasteiger partial charge in [0, 0.05) is 24.5 Å². The summed E-state index contributed by atoms with van der Waals surface area (Å²) in [7, 11) is 2.15. The van der Waals surface area contributed by atoms with Crippen molar-refractivity contribution in [2.45, 2.75) is 25.8 Å². The quantitative estimate of drug-likeness (QED) is 0.748. The number of aromatic nitrogens is 5. The first kappa shape index (κ1) is 15.8. The van der Waals surface area contributed by atoms with E-state index >= 15 is 0 Å². The molecule has 1 aliphatic rings. The summed E-state index contributed by atoms with van der Waals surface area (Å²) in [5, 5.41) is 7.86. The smallest absolute Gasteiger partial charge is 0.166 e. The summed E-state index contributed by atoms with van der Waals surface area (Å²) in [6, 6.07) is 2.36. The minimum absolute atomic E-state index is 0.419. The van der Waals surface area contributed by atoms with Gasteiger partial charge in [-0.1, -0.05) is 0 Å². The van der Waals surface area contributed by atoms with Gasteiger partial charge in [0.1, 0.15) is 12.1 Å². The number of piperidine rings is 1. The second-order valence-electron chi connectivity index (χ2n) is 6.67. The fraction of sp³-hybridized carbons (Fsp3) is 0.412. The summed E-state index contributed by atoms with van der Waals surface area (Å²) in [4.78, 5) is 15.6. The van der Waals surface area contributed by atoms with E-state index in [9.17, 15) is 0 Å². The highest BCUT2D eigenvalue weighted by atomic mass is 15.3. The molecule has 4 heterocycles. The molecule has 0 atom stereocenters. The van der Waals surface area contributed by atoms with Crippen molar-refractivity contribution in [3.63, 3.8) is 0 Å². The lowest BCUT2D eigenvalue weighted by Crippen LogP contribution is -2.36. The third-order valence-corrected chi connectivity index (χ3v) is 4.62. The number of nitrogens with zero attached hydrogens (tertiary/aromatic N) is 6. The predicted octanol–water partition coefficient (Wildman–Crippen LogP) is 1.58. The standard InChI is InChI=1S/C17H22N8/c1-11-8-19-17-15(16(18)23-25(17)9-11)13-7-14(21-10-20-13)22-12-3-5-24(2)6-4-12/h7-10,12H,3-6H2,1-2H3,(H2,18,23)(H,20,21,22). The number of nitrogens with two attached hydrogens (primary N) is 1. The van der Waals surface area contributed by atoms with Crippen LogP contribution in [0.4, 0.5) is 11.6 Å². The van der Waals surface area contributed by atoms with E-state index in [4.69, 9.17) is 5.73 Å². The van der Waals surface area contributed by atoms with Crippen LogP contribution >= 0.6 is 0 Å². The third kappa shape index (κ3) is 3.12. The number of nitrogens with one attached hydrogen (secondary N) is 1. The molecular formula is C17H22N8. The SMILES string of the molecule is Cc1cnc2c(-c3cc(NC4CCN(C)CC4)ncn3)c(N)nn2c1. The molecule has 4 rings (SSSR count). The largest absolute Gasteiger partial charge is 0.382 e. The van der Waals surface area contributed by atoms with Gasteiger partial charge >= 0.3 is 0 Å². The Balaban J connectivity index is 1.64. The van der Waals surface area contributed by atoms with Crippen molar-refractivity contribution >= 4 is 17.3 Å². The molecule has 3 aromatic heterocycles. The lowest BCUT2D eigenvalue weighted by molar-refractivity contribution is 0.263. The Morgan fingerprint density at radius 2 is 2.00 bits per heavy atom. The molecule has 0 bridgehead atoms. The minimum atomic E-state index is 0.419. The van der Waals surface area contributed by atoms with Crippen LogP contribution in [0.25, 0.3) is 16.9 Å². The minimum Gasteiger partial charge on any atom is -0.382 e. The van der Waals surface area contributed by atoms with Crippen molar-refractivity contribution < 1.29 is 0 Å². The maximum atomic E-state index is 6.13. The van der Waals surface area contributed by atoms with Crippen molar-refractivity contribution in [3.8, 4) is 11.3 Å². The van der Waals surface area contributed by atoms with Gasteiger partial charge in [0.25, 0.3) is 0 Å². The number of nitrogen functional groups attached to an aromatic ring is 1. The summed E-state index contributed by atoms with van der Waals surface area (Å²) in [6.45, 7) is 4.16. The predicted molar refractivity (Wildman–Crippen MR) is 97.3 cm³/mol. The molecule has 0 spiro atoms. The molecule has 1 saturated heterocycles. The zero-order valence-corrected chi connectivity index (χ0v) is 14.5. The Labute approximate surface area is 146 Å². The maximum Gasteiger partial charge on any atom is 0.166 e. The molecule has 0 radical (unpaired) electrons. The number of aryl methyl sites for hydroxylation is 1. The van der Waals surface area contributed by atoms with Crippen LogP contribution in [0.1, 0.15) is 18.4 Å². The Hall–Kier alpha value is -2.74. The molecule has 1 fully saturated rings. The van der Waals surface area contributed by atoms with Crippen LogP contribution < -0.4 is 11.1 Å². The lowest BCUT2D eigenvalue weighted by Gasteiger charge is -2.29. The lowest BCUT2D eigenvalue weighted by atomic mass is 10.1. The van der Waals surface area contributed by atoms with Crippen LogP contribution in [0, 0.1) is 6.92 Å². The Kier molecular flexibility index (Phi) is 3.96. The summed E-state index contributed by atoms with van der Waals surface area (Å²) in [6.07, 6.45) is 7.48. The topological polar surface area (TPSA) is 97.3 Å². The second-order valence-corrected chi connectivity index (χ2v) is 6.67. The Morgan fingerprint density at radius 1 is 1.20 bits per heavy atom. The van der Waals surface area contributed by atoms with Gasteiger partial charge in [-0.2, -0.15) is 0 Å². The highest BCUT2D eigenvalue weighted by molar-refractivity contribution is 5.84. The van der Waals surface area contributed by atoms with Crippen LogP contribution in [0.15, 0.2) is 24.8 Å². The monoisotopic (exact) mass is 338 g/mol. The van der Waals surface area contributed by atoms with E-state index in [1.165, 1.54) is 0 Å². The molecule has 130 valence electrons. The van der Waals surface area contributed by atoms with E-state index in [0.717, 1.165) is 48.6 Å². The molecule has 8 nitrogen and oxygen atoms in total. The fourth-order valence-electron chi connectivity index (χ4n) is 3.23. The zero-order chi connectivity index (χ0) is 17.4. The van der Waals surface area contributed by atoms with Gasteiger partial charge in [-0.05, 0) is 45.5 Å². The molecule has 0 aromatic carbocycles. The van der Waals surface area contributed by atoms with Gasteiger partial charge in [0.2, 0.25) is 0 Å². The summed E-state index contributed by atoms with van der Waals surface area (Å²) in [5.74, 6) is 1.23. The molecule has 1 aliphatic heterocycles. The summed E-state index contributed by atoms with van der Waals surface area (Å²) in [5.41, 5.74) is 9.32. The second kappa shape index (κ2) is 6.29. The number of hydrogen-bond acceptors (Lipinski definition) is 7. The average molecular weight is 338 g/mol.